The second kappa shape index (κ2) is 6.84. The van der Waals surface area contributed by atoms with Crippen molar-refractivity contribution >= 4 is 17.3 Å². The molecule has 0 spiro atoms. The minimum absolute atomic E-state index is 0.456. The van der Waals surface area contributed by atoms with E-state index in [0.29, 0.717) is 10.9 Å². The van der Waals surface area contributed by atoms with E-state index in [2.05, 4.69) is 72.8 Å². The van der Waals surface area contributed by atoms with E-state index in [-0.39, 0.29) is 0 Å². The van der Waals surface area contributed by atoms with E-state index in [4.69, 9.17) is 11.6 Å². The lowest BCUT2D eigenvalue weighted by atomic mass is 10.0. The maximum absolute atomic E-state index is 5.97. The lowest BCUT2D eigenvalue weighted by molar-refractivity contribution is 0.542. The molecule has 0 unspecified atom stereocenters. The number of hydrogen-bond donors (Lipinski definition) is 1. The van der Waals surface area contributed by atoms with Crippen LogP contribution >= 0.6 is 11.6 Å². The molecule has 0 fully saturated rings. The molecule has 130 valence electrons. The Morgan fingerprint density at radius 2 is 1.64 bits per heavy atom. The van der Waals surface area contributed by atoms with Gasteiger partial charge in [0.1, 0.15) is 0 Å². The van der Waals surface area contributed by atoms with Crippen molar-refractivity contribution in [3.63, 3.8) is 0 Å². The number of tetrazole rings is 1. The van der Waals surface area contributed by atoms with Gasteiger partial charge in [0.25, 0.3) is 0 Å². The van der Waals surface area contributed by atoms with E-state index in [0.717, 1.165) is 17.2 Å². The van der Waals surface area contributed by atoms with Crippen LogP contribution in [0.5, 0.6) is 0 Å². The number of hydrogen-bond acceptors (Lipinski definition) is 4. The largest absolute Gasteiger partial charge is 0.373 e. The molecule has 0 atom stereocenters. The molecular formula is C19H22ClN5. The SMILES string of the molecule is CC(C)c1ccc(NC(C)(C)c2nnnn2-c2ccc(Cl)cc2)cc1. The van der Waals surface area contributed by atoms with E-state index in [1.54, 1.807) is 4.68 Å². The van der Waals surface area contributed by atoms with Gasteiger partial charge >= 0.3 is 0 Å². The van der Waals surface area contributed by atoms with Crippen LogP contribution in [0, 0.1) is 0 Å². The van der Waals surface area contributed by atoms with Gasteiger partial charge in [0.05, 0.1) is 11.2 Å². The highest BCUT2D eigenvalue weighted by molar-refractivity contribution is 6.30. The topological polar surface area (TPSA) is 55.6 Å². The van der Waals surface area contributed by atoms with Crippen LogP contribution in [-0.2, 0) is 5.54 Å². The average Bonchev–Trinajstić information content (AvgIpc) is 3.06. The first-order chi connectivity index (χ1) is 11.9. The summed E-state index contributed by atoms with van der Waals surface area (Å²) < 4.78 is 1.73. The zero-order chi connectivity index (χ0) is 18.0. The summed E-state index contributed by atoms with van der Waals surface area (Å²) in [5.41, 5.74) is 2.76. The molecular weight excluding hydrogens is 334 g/mol. The fourth-order valence-electron chi connectivity index (χ4n) is 2.70. The van der Waals surface area contributed by atoms with Crippen LogP contribution in [0.4, 0.5) is 5.69 Å². The molecule has 1 N–H and O–H groups in total. The van der Waals surface area contributed by atoms with E-state index in [9.17, 15) is 0 Å². The van der Waals surface area contributed by atoms with Gasteiger partial charge in [0, 0.05) is 10.7 Å². The summed E-state index contributed by atoms with van der Waals surface area (Å²) in [7, 11) is 0. The van der Waals surface area contributed by atoms with E-state index in [1.807, 2.05) is 24.3 Å². The standard InChI is InChI=1S/C19H22ClN5/c1-13(2)14-5-9-16(10-6-14)21-19(3,4)18-22-23-24-25(18)17-11-7-15(20)8-12-17/h5-13,21H,1-4H3. The predicted molar refractivity (Wildman–Crippen MR) is 101 cm³/mol. The highest BCUT2D eigenvalue weighted by Crippen LogP contribution is 2.26. The number of halogens is 1. The minimum Gasteiger partial charge on any atom is -0.373 e. The average molecular weight is 356 g/mol. The highest BCUT2D eigenvalue weighted by Gasteiger charge is 2.28. The lowest BCUT2D eigenvalue weighted by Gasteiger charge is -2.26. The van der Waals surface area contributed by atoms with Crippen molar-refractivity contribution in [2.45, 2.75) is 39.2 Å². The first kappa shape index (κ1) is 17.4. The second-order valence-electron chi connectivity index (χ2n) is 6.92. The molecule has 0 bridgehead atoms. The molecule has 1 heterocycles. The number of anilines is 1. The predicted octanol–water partition coefficient (Wildman–Crippen LogP) is 4.79. The van der Waals surface area contributed by atoms with Crippen LogP contribution in [0.2, 0.25) is 5.02 Å². The molecule has 25 heavy (non-hydrogen) atoms. The highest BCUT2D eigenvalue weighted by atomic mass is 35.5. The maximum Gasteiger partial charge on any atom is 0.181 e. The first-order valence-corrected chi connectivity index (χ1v) is 8.67. The molecule has 0 radical (unpaired) electrons. The molecule has 0 saturated heterocycles. The molecule has 0 aliphatic carbocycles. The third-order valence-corrected chi connectivity index (χ3v) is 4.39. The van der Waals surface area contributed by atoms with Crippen LogP contribution < -0.4 is 5.32 Å². The van der Waals surface area contributed by atoms with Crippen molar-refractivity contribution in [2.24, 2.45) is 0 Å². The number of aromatic nitrogens is 4. The van der Waals surface area contributed by atoms with Gasteiger partial charge in [-0.15, -0.1) is 5.10 Å². The Hall–Kier alpha value is -2.40. The van der Waals surface area contributed by atoms with Gasteiger partial charge in [-0.3, -0.25) is 0 Å². The van der Waals surface area contributed by atoms with E-state index >= 15 is 0 Å². The zero-order valence-electron chi connectivity index (χ0n) is 14.9. The number of nitrogens with one attached hydrogen (secondary N) is 1. The van der Waals surface area contributed by atoms with Crippen molar-refractivity contribution in [2.75, 3.05) is 5.32 Å². The zero-order valence-corrected chi connectivity index (χ0v) is 15.6. The Labute approximate surface area is 153 Å². The van der Waals surface area contributed by atoms with Crippen molar-refractivity contribution in [3.8, 4) is 5.69 Å². The summed E-state index contributed by atoms with van der Waals surface area (Å²) in [5.74, 6) is 1.24. The summed E-state index contributed by atoms with van der Waals surface area (Å²) in [4.78, 5) is 0. The van der Waals surface area contributed by atoms with Gasteiger partial charge in [-0.25, -0.2) is 0 Å². The number of rotatable bonds is 5. The van der Waals surface area contributed by atoms with Gasteiger partial charge in [-0.2, -0.15) is 4.68 Å². The molecule has 0 aliphatic rings. The summed E-state index contributed by atoms with van der Waals surface area (Å²) >= 11 is 5.97. The Morgan fingerprint density at radius 1 is 1.00 bits per heavy atom. The lowest BCUT2D eigenvalue weighted by Crippen LogP contribution is -2.31. The molecule has 5 nitrogen and oxygen atoms in total. The Balaban J connectivity index is 1.88. The van der Waals surface area contributed by atoms with Crippen LogP contribution in [0.15, 0.2) is 48.5 Å². The molecule has 3 aromatic rings. The third kappa shape index (κ3) is 3.82. The molecule has 0 saturated carbocycles. The molecule has 2 aromatic carbocycles. The molecule has 1 aromatic heterocycles. The maximum atomic E-state index is 5.97. The molecule has 0 amide bonds. The van der Waals surface area contributed by atoms with Crippen molar-refractivity contribution in [1.29, 1.82) is 0 Å². The summed E-state index contributed by atoms with van der Waals surface area (Å²) in [6.45, 7) is 8.49. The number of nitrogens with zero attached hydrogens (tertiary/aromatic N) is 4. The first-order valence-electron chi connectivity index (χ1n) is 8.30. The Bertz CT molecular complexity index is 835. The van der Waals surface area contributed by atoms with Gasteiger partial charge in [0.15, 0.2) is 5.82 Å². The fourth-order valence-corrected chi connectivity index (χ4v) is 2.83. The number of benzene rings is 2. The van der Waals surface area contributed by atoms with Crippen molar-refractivity contribution in [3.05, 3.63) is 64.9 Å². The third-order valence-electron chi connectivity index (χ3n) is 4.13. The van der Waals surface area contributed by atoms with Gasteiger partial charge < -0.3 is 5.32 Å². The van der Waals surface area contributed by atoms with Crippen molar-refractivity contribution in [1.82, 2.24) is 20.2 Å². The molecule has 0 aliphatic heterocycles. The van der Waals surface area contributed by atoms with Crippen molar-refractivity contribution < 1.29 is 0 Å². The smallest absolute Gasteiger partial charge is 0.181 e. The Kier molecular flexibility index (Phi) is 4.77. The summed E-state index contributed by atoms with van der Waals surface area (Å²) in [5, 5.41) is 16.4. The van der Waals surface area contributed by atoms with Crippen LogP contribution in [0.3, 0.4) is 0 Å². The van der Waals surface area contributed by atoms with E-state index < -0.39 is 5.54 Å². The summed E-state index contributed by atoms with van der Waals surface area (Å²) in [6.07, 6.45) is 0. The quantitative estimate of drug-likeness (QED) is 0.715. The van der Waals surface area contributed by atoms with Crippen LogP contribution in [0.25, 0.3) is 5.69 Å². The summed E-state index contributed by atoms with van der Waals surface area (Å²) in [6, 6.07) is 15.9. The van der Waals surface area contributed by atoms with Gasteiger partial charge in [-0.1, -0.05) is 37.6 Å². The van der Waals surface area contributed by atoms with Crippen LogP contribution in [-0.4, -0.2) is 20.2 Å². The second-order valence-corrected chi connectivity index (χ2v) is 7.35. The minimum atomic E-state index is -0.456. The normalized spacial score (nSPS) is 11.8. The Morgan fingerprint density at radius 3 is 2.24 bits per heavy atom. The molecule has 6 heteroatoms. The molecule has 3 rings (SSSR count). The van der Waals surface area contributed by atoms with E-state index in [1.165, 1.54) is 5.56 Å². The fraction of sp³-hybridized carbons (Fsp3) is 0.316. The van der Waals surface area contributed by atoms with Gasteiger partial charge in [0.2, 0.25) is 0 Å². The van der Waals surface area contributed by atoms with Gasteiger partial charge in [-0.05, 0) is 72.2 Å². The van der Waals surface area contributed by atoms with Crippen LogP contribution in [0.1, 0.15) is 45.0 Å². The monoisotopic (exact) mass is 355 g/mol.